The molecule has 1 unspecified atom stereocenters. The number of rotatable bonds is 7. The molecule has 0 spiro atoms. The van der Waals surface area contributed by atoms with E-state index in [1.807, 2.05) is 31.3 Å². The minimum atomic E-state index is -0.669. The first-order chi connectivity index (χ1) is 12.6. The number of thiocarbonyl (C=S) groups is 1. The van der Waals surface area contributed by atoms with Crippen LogP contribution in [0.15, 0.2) is 53.5 Å². The topological polar surface area (TPSA) is 12.4 Å². The quantitative estimate of drug-likeness (QED) is 0.379. The van der Waals surface area contributed by atoms with E-state index in [1.165, 1.54) is 11.1 Å². The Morgan fingerprint density at radius 2 is 1.92 bits per heavy atom. The molecule has 0 bridgehead atoms. The number of alkyl halides is 1. The molecule has 0 fully saturated rings. The van der Waals surface area contributed by atoms with E-state index in [1.54, 1.807) is 0 Å². The summed E-state index contributed by atoms with van der Waals surface area (Å²) in [4.78, 5) is 5.26. The van der Waals surface area contributed by atoms with E-state index in [2.05, 4.69) is 42.2 Å². The Kier molecular flexibility index (Phi) is 8.63. The Morgan fingerprint density at radius 1 is 1.15 bits per heavy atom. The van der Waals surface area contributed by atoms with Gasteiger partial charge in [-0.2, -0.15) is 0 Å². The molecule has 0 amide bonds. The largest absolute Gasteiger partial charge is 0.261 e. The molecule has 1 aliphatic heterocycles. The van der Waals surface area contributed by atoms with Gasteiger partial charge in [-0.25, -0.2) is 4.39 Å². The van der Waals surface area contributed by atoms with Crippen molar-refractivity contribution in [3.63, 3.8) is 0 Å². The van der Waals surface area contributed by atoms with Gasteiger partial charge in [0.1, 0.15) is 6.17 Å². The Hall–Kier alpha value is -1.87. The van der Waals surface area contributed by atoms with Gasteiger partial charge in [-0.05, 0) is 49.8 Å². The third-order valence-corrected chi connectivity index (χ3v) is 4.85. The van der Waals surface area contributed by atoms with Crippen molar-refractivity contribution in [3.05, 3.63) is 65.2 Å². The highest BCUT2D eigenvalue weighted by Gasteiger charge is 2.10. The maximum absolute atomic E-state index is 13.4. The second kappa shape index (κ2) is 11.0. The third kappa shape index (κ3) is 6.80. The summed E-state index contributed by atoms with van der Waals surface area (Å²) in [7, 11) is 0. The molecule has 0 saturated heterocycles. The van der Waals surface area contributed by atoms with Gasteiger partial charge in [0.25, 0.3) is 0 Å². The van der Waals surface area contributed by atoms with Gasteiger partial charge in [0, 0.05) is 17.5 Å². The van der Waals surface area contributed by atoms with Crippen LogP contribution in [0, 0.1) is 6.92 Å². The van der Waals surface area contributed by atoms with Crippen molar-refractivity contribution in [2.75, 3.05) is 0 Å². The minimum Gasteiger partial charge on any atom is -0.261 e. The van der Waals surface area contributed by atoms with Crippen LogP contribution in [-0.2, 0) is 6.42 Å². The fourth-order valence-electron chi connectivity index (χ4n) is 2.89. The van der Waals surface area contributed by atoms with Crippen LogP contribution in [0.25, 0.3) is 0 Å². The smallest absolute Gasteiger partial charge is 0.100 e. The third-order valence-electron chi connectivity index (χ3n) is 4.41. The molecule has 1 heterocycles. The van der Waals surface area contributed by atoms with Crippen LogP contribution in [-0.4, -0.2) is 17.3 Å². The van der Waals surface area contributed by atoms with E-state index >= 15 is 0 Å². The van der Waals surface area contributed by atoms with Crippen molar-refractivity contribution < 1.29 is 4.39 Å². The van der Waals surface area contributed by atoms with Gasteiger partial charge in [0.2, 0.25) is 0 Å². The van der Waals surface area contributed by atoms with Crippen LogP contribution in [0.3, 0.4) is 0 Å². The van der Waals surface area contributed by atoms with Gasteiger partial charge in [-0.3, -0.25) is 4.99 Å². The maximum Gasteiger partial charge on any atom is 0.100 e. The van der Waals surface area contributed by atoms with Gasteiger partial charge >= 0.3 is 0 Å². The van der Waals surface area contributed by atoms with E-state index in [9.17, 15) is 4.39 Å². The lowest BCUT2D eigenvalue weighted by molar-refractivity contribution is 0.290. The molecule has 0 saturated carbocycles. The minimum absolute atomic E-state index is 0.622. The summed E-state index contributed by atoms with van der Waals surface area (Å²) in [6.07, 6.45) is 6.00. The van der Waals surface area contributed by atoms with Crippen molar-refractivity contribution >= 4 is 29.0 Å². The lowest BCUT2D eigenvalue weighted by atomic mass is 10.0. The Balaban J connectivity index is 0.000000290. The highest BCUT2D eigenvalue weighted by molar-refractivity contribution is 7.80. The average Bonchev–Trinajstić information content (AvgIpc) is 3.11. The first kappa shape index (κ1) is 20.4. The predicted molar refractivity (Wildman–Crippen MR) is 115 cm³/mol. The number of hydrogen-bond acceptors (Lipinski definition) is 2. The number of fused-ring (bicyclic) bond motifs is 1. The van der Waals surface area contributed by atoms with E-state index in [-0.39, 0.29) is 0 Å². The fourth-order valence-corrected chi connectivity index (χ4v) is 3.16. The standard InChI is InChI=1S/C16H20FNS.C7H8/c1-2-4-14(17)5-3-6-16(19)13-8-7-12-9-10-18-15(12)11-13;1-7-5-3-2-4-6-7/h7-8,10-11,14H,2-6,9H2,1H3;2-6H,1H3. The molecule has 2 aromatic carbocycles. The molecule has 3 heteroatoms. The number of aryl methyl sites for hydroxylation is 1. The van der Waals surface area contributed by atoms with Crippen molar-refractivity contribution in [3.8, 4) is 0 Å². The van der Waals surface area contributed by atoms with E-state index in [0.717, 1.165) is 41.8 Å². The summed E-state index contributed by atoms with van der Waals surface area (Å²) >= 11 is 5.43. The van der Waals surface area contributed by atoms with E-state index in [4.69, 9.17) is 12.2 Å². The molecule has 1 atom stereocenters. The molecule has 0 aliphatic carbocycles. The summed E-state index contributed by atoms with van der Waals surface area (Å²) in [6, 6.07) is 16.5. The first-order valence-corrected chi connectivity index (χ1v) is 9.85. The second-order valence-corrected chi connectivity index (χ2v) is 7.21. The Labute approximate surface area is 162 Å². The highest BCUT2D eigenvalue weighted by atomic mass is 32.1. The van der Waals surface area contributed by atoms with Crippen LogP contribution in [0.2, 0.25) is 0 Å². The lowest BCUT2D eigenvalue weighted by Gasteiger charge is -2.08. The van der Waals surface area contributed by atoms with Gasteiger partial charge in [0.05, 0.1) is 5.69 Å². The molecular formula is C23H28FNS. The van der Waals surface area contributed by atoms with Crippen molar-refractivity contribution in [1.29, 1.82) is 0 Å². The molecule has 1 aliphatic rings. The summed E-state index contributed by atoms with van der Waals surface area (Å²) in [5.74, 6) is 0. The molecule has 3 rings (SSSR count). The number of halogens is 1. The second-order valence-electron chi connectivity index (χ2n) is 6.72. The van der Waals surface area contributed by atoms with Crippen LogP contribution >= 0.6 is 12.2 Å². The maximum atomic E-state index is 13.4. The van der Waals surface area contributed by atoms with Crippen LogP contribution in [0.4, 0.5) is 10.1 Å². The zero-order chi connectivity index (χ0) is 18.8. The van der Waals surface area contributed by atoms with E-state index in [0.29, 0.717) is 12.8 Å². The van der Waals surface area contributed by atoms with Gasteiger partial charge in [-0.15, -0.1) is 0 Å². The van der Waals surface area contributed by atoms with Crippen molar-refractivity contribution in [1.82, 2.24) is 0 Å². The molecule has 1 nitrogen and oxygen atoms in total. The average molecular weight is 370 g/mol. The first-order valence-electron chi connectivity index (χ1n) is 9.44. The zero-order valence-corrected chi connectivity index (χ0v) is 16.6. The van der Waals surface area contributed by atoms with Crippen LogP contribution < -0.4 is 0 Å². The number of aliphatic imine (C=N–C) groups is 1. The molecule has 0 N–H and O–H groups in total. The summed E-state index contributed by atoms with van der Waals surface area (Å²) in [5, 5.41) is 0. The highest BCUT2D eigenvalue weighted by Crippen LogP contribution is 2.26. The van der Waals surface area contributed by atoms with Crippen LogP contribution in [0.5, 0.6) is 0 Å². The Bertz CT molecular complexity index is 724. The number of hydrogen-bond donors (Lipinski definition) is 0. The van der Waals surface area contributed by atoms with Gasteiger partial charge < -0.3 is 0 Å². The summed E-state index contributed by atoms with van der Waals surface area (Å²) < 4.78 is 13.4. The van der Waals surface area contributed by atoms with E-state index < -0.39 is 6.17 Å². The number of benzene rings is 2. The monoisotopic (exact) mass is 369 g/mol. The molecule has 26 heavy (non-hydrogen) atoms. The summed E-state index contributed by atoms with van der Waals surface area (Å²) in [6.45, 7) is 4.10. The molecule has 138 valence electrons. The molecule has 2 aromatic rings. The van der Waals surface area contributed by atoms with Crippen LogP contribution in [0.1, 0.15) is 55.7 Å². The molecular weight excluding hydrogens is 341 g/mol. The zero-order valence-electron chi connectivity index (χ0n) is 15.7. The normalized spacial score (nSPS) is 12.9. The predicted octanol–water partition coefficient (Wildman–Crippen LogP) is 6.97. The SMILES string of the molecule is CCCC(F)CCCC(=S)c1ccc2c(c1)N=CC2.Cc1ccccc1. The van der Waals surface area contributed by atoms with Crippen molar-refractivity contribution in [2.24, 2.45) is 4.99 Å². The summed E-state index contributed by atoms with van der Waals surface area (Å²) in [5.41, 5.74) is 4.69. The lowest BCUT2D eigenvalue weighted by Crippen LogP contribution is -2.02. The van der Waals surface area contributed by atoms with Gasteiger partial charge in [-0.1, -0.05) is 73.6 Å². The number of nitrogens with zero attached hydrogens (tertiary/aromatic N) is 1. The Morgan fingerprint density at radius 3 is 2.58 bits per heavy atom. The van der Waals surface area contributed by atoms with Crippen molar-refractivity contribution in [2.45, 2.75) is 58.5 Å². The van der Waals surface area contributed by atoms with Gasteiger partial charge in [0.15, 0.2) is 0 Å². The molecule has 0 aromatic heterocycles. The molecule has 0 radical (unpaired) electrons. The fraction of sp³-hybridized carbons (Fsp3) is 0.391.